The standard InChI is InChI=1S/C28H35N9O4/c1-14-7-8-17(31-11-14)24(40)32-12-18-21-28(36-25(29)35-21)22(38)19(13-37(28)26(30)34-18)33-23(39)15-5-4-6-16-20(15)41-10-9-27(16,2)3/h4-8,11,18-19,21-22,38H,9-10,12-13H2,1-3H3,(H2,30,34)(H,32,40)(H,33,39)(H3,29,35,36)/p+1/t18-,19?,21-,22+,28?/m0/s1. The predicted octanol–water partition coefficient (Wildman–Crippen LogP) is -2.58. The number of fused-ring (bicyclic) bond motifs is 1. The first-order valence-corrected chi connectivity index (χ1v) is 13.8. The van der Waals surface area contributed by atoms with Crippen molar-refractivity contribution in [2.45, 2.75) is 62.5 Å². The van der Waals surface area contributed by atoms with E-state index in [9.17, 15) is 14.7 Å². The van der Waals surface area contributed by atoms with Crippen molar-refractivity contribution >= 4 is 23.7 Å². The maximum Gasteiger partial charge on any atom is 0.343 e. The molecular weight excluding hydrogens is 526 g/mol. The Bertz CT molecular complexity index is 1460. The molecular formula is C28H36N9O4+. The van der Waals surface area contributed by atoms with Crippen molar-refractivity contribution in [2.24, 2.45) is 16.5 Å². The van der Waals surface area contributed by atoms with Crippen molar-refractivity contribution in [1.29, 1.82) is 0 Å². The summed E-state index contributed by atoms with van der Waals surface area (Å²) in [6, 6.07) is 7.17. The number of carbonyl (C=O) groups is 2. The number of pyridine rings is 1. The average molecular weight is 563 g/mol. The Morgan fingerprint density at radius 3 is 2.80 bits per heavy atom. The van der Waals surface area contributed by atoms with Gasteiger partial charge in [0.25, 0.3) is 11.8 Å². The van der Waals surface area contributed by atoms with Crippen LogP contribution >= 0.6 is 0 Å². The minimum atomic E-state index is -1.19. The van der Waals surface area contributed by atoms with Gasteiger partial charge in [-0.1, -0.05) is 32.0 Å². The molecule has 2 unspecified atom stereocenters. The molecule has 0 bridgehead atoms. The van der Waals surface area contributed by atoms with Gasteiger partial charge in [0.05, 0.1) is 18.2 Å². The lowest BCUT2D eigenvalue weighted by Gasteiger charge is -2.43. The van der Waals surface area contributed by atoms with E-state index in [2.05, 4.69) is 44.8 Å². The van der Waals surface area contributed by atoms with Gasteiger partial charge in [-0.25, -0.2) is 10.3 Å². The zero-order valence-electron chi connectivity index (χ0n) is 23.3. The van der Waals surface area contributed by atoms with Gasteiger partial charge in [-0.2, -0.15) is 0 Å². The van der Waals surface area contributed by atoms with Gasteiger partial charge in [-0.3, -0.25) is 25.3 Å². The molecule has 6 rings (SSSR count). The monoisotopic (exact) mass is 562 g/mol. The number of nitrogens with zero attached hydrogens (tertiary/aromatic N) is 3. The average Bonchev–Trinajstić information content (AvgIpc) is 3.43. The van der Waals surface area contributed by atoms with Crippen LogP contribution in [0.4, 0.5) is 0 Å². The molecule has 2 amide bonds. The Kier molecular flexibility index (Phi) is 6.29. The molecule has 13 nitrogen and oxygen atoms in total. The summed E-state index contributed by atoms with van der Waals surface area (Å²) in [5, 5.41) is 20.8. The highest BCUT2D eigenvalue weighted by Gasteiger charge is 2.68. The summed E-state index contributed by atoms with van der Waals surface area (Å²) in [5.74, 6) is 0.257. The third-order valence-corrected chi connectivity index (χ3v) is 8.63. The number of aliphatic hydroxyl groups is 1. The summed E-state index contributed by atoms with van der Waals surface area (Å²) in [7, 11) is 0. The van der Waals surface area contributed by atoms with Crippen molar-refractivity contribution in [2.75, 3.05) is 19.7 Å². The second kappa shape index (κ2) is 9.61. The number of nitrogens with one attached hydrogen (secondary N) is 4. The number of ether oxygens (including phenoxy) is 1. The van der Waals surface area contributed by atoms with Crippen LogP contribution in [0.5, 0.6) is 5.75 Å². The fourth-order valence-corrected chi connectivity index (χ4v) is 6.37. The molecule has 5 atom stereocenters. The Labute approximate surface area is 237 Å². The summed E-state index contributed by atoms with van der Waals surface area (Å²) in [5.41, 5.74) is 13.9. The summed E-state index contributed by atoms with van der Waals surface area (Å²) >= 11 is 0. The van der Waals surface area contributed by atoms with E-state index >= 15 is 0 Å². The Hall–Kier alpha value is -4.39. The van der Waals surface area contributed by atoms with Crippen LogP contribution in [0, 0.1) is 6.92 Å². The van der Waals surface area contributed by atoms with Crippen LogP contribution in [-0.4, -0.2) is 88.3 Å². The van der Waals surface area contributed by atoms with Gasteiger partial charge in [-0.15, -0.1) is 0 Å². The van der Waals surface area contributed by atoms with Crippen molar-refractivity contribution in [1.82, 2.24) is 25.8 Å². The van der Waals surface area contributed by atoms with E-state index in [4.69, 9.17) is 16.2 Å². The van der Waals surface area contributed by atoms with E-state index in [1.807, 2.05) is 25.1 Å². The van der Waals surface area contributed by atoms with Crippen molar-refractivity contribution in [3.8, 4) is 5.75 Å². The highest BCUT2D eigenvalue weighted by atomic mass is 16.5. The van der Waals surface area contributed by atoms with Gasteiger partial charge in [0.15, 0.2) is 12.0 Å². The SMILES string of the molecule is Cc1ccc(C(=O)NC[C@@H]2N=C(N)N3CC(NC(=O)c4cccc5c4OCCC5(C)C)[C@@H](O)C34NC(N)=[NH+][C@@H]24)nc1. The Morgan fingerprint density at radius 1 is 1.24 bits per heavy atom. The molecule has 0 aliphatic carbocycles. The summed E-state index contributed by atoms with van der Waals surface area (Å²) < 4.78 is 5.94. The van der Waals surface area contributed by atoms with Crippen LogP contribution in [0.1, 0.15) is 52.2 Å². The number of amides is 2. The van der Waals surface area contributed by atoms with Gasteiger partial charge >= 0.3 is 5.96 Å². The highest BCUT2D eigenvalue weighted by Crippen LogP contribution is 2.41. The number of hydrogen-bond acceptors (Lipinski definition) is 10. The number of para-hydroxylation sites is 1. The molecule has 216 valence electrons. The summed E-state index contributed by atoms with van der Waals surface area (Å²) in [4.78, 5) is 40.0. The molecule has 13 heteroatoms. The third kappa shape index (κ3) is 4.31. The van der Waals surface area contributed by atoms with E-state index in [0.29, 0.717) is 17.9 Å². The minimum absolute atomic E-state index is 0.115. The smallest absolute Gasteiger partial charge is 0.343 e. The molecule has 9 N–H and O–H groups in total. The van der Waals surface area contributed by atoms with Gasteiger partial charge in [0.1, 0.15) is 23.6 Å². The minimum Gasteiger partial charge on any atom is -0.492 e. The number of aromatic nitrogens is 1. The number of aryl methyl sites for hydroxylation is 1. The Balaban J connectivity index is 1.22. The maximum absolute atomic E-state index is 13.6. The van der Waals surface area contributed by atoms with Gasteiger partial charge < -0.3 is 31.1 Å². The molecule has 1 aromatic carbocycles. The fraction of sp³-hybridized carbons (Fsp3) is 0.464. The zero-order chi connectivity index (χ0) is 29.1. The number of aliphatic imine (C=N–C) groups is 1. The fourth-order valence-electron chi connectivity index (χ4n) is 6.37. The van der Waals surface area contributed by atoms with E-state index in [0.717, 1.165) is 17.5 Å². The number of benzene rings is 1. The molecule has 0 saturated carbocycles. The maximum atomic E-state index is 13.6. The van der Waals surface area contributed by atoms with E-state index < -0.39 is 29.9 Å². The highest BCUT2D eigenvalue weighted by molar-refractivity contribution is 5.98. The lowest BCUT2D eigenvalue weighted by molar-refractivity contribution is -0.513. The Morgan fingerprint density at radius 2 is 2.05 bits per heavy atom. The second-order valence-electron chi connectivity index (χ2n) is 11.8. The van der Waals surface area contributed by atoms with Gasteiger partial charge in [-0.05, 0) is 36.5 Å². The molecule has 1 spiro atoms. The van der Waals surface area contributed by atoms with Crippen LogP contribution in [0.2, 0.25) is 0 Å². The predicted molar refractivity (Wildman–Crippen MR) is 150 cm³/mol. The number of rotatable bonds is 5. The van der Waals surface area contributed by atoms with Gasteiger partial charge in [0, 0.05) is 24.8 Å². The zero-order valence-corrected chi connectivity index (χ0v) is 23.3. The normalized spacial score (nSPS) is 29.1. The lowest BCUT2D eigenvalue weighted by Crippen LogP contribution is -2.88. The van der Waals surface area contributed by atoms with Crippen molar-refractivity contribution in [3.05, 3.63) is 58.9 Å². The number of nitrogens with two attached hydrogens (primary N) is 2. The van der Waals surface area contributed by atoms with Gasteiger partial charge in [0.2, 0.25) is 5.66 Å². The number of aliphatic hydroxyl groups excluding tert-OH is 1. The first-order chi connectivity index (χ1) is 19.5. The number of hydrogen-bond donors (Lipinski definition) is 7. The van der Waals surface area contributed by atoms with E-state index in [1.165, 1.54) is 0 Å². The van der Waals surface area contributed by atoms with Crippen molar-refractivity contribution in [3.63, 3.8) is 0 Å². The number of carbonyl (C=O) groups excluding carboxylic acids is 2. The van der Waals surface area contributed by atoms with E-state index in [1.54, 1.807) is 23.2 Å². The summed E-state index contributed by atoms with van der Waals surface area (Å²) in [6.45, 7) is 6.98. The third-order valence-electron chi connectivity index (χ3n) is 8.63. The quantitative estimate of drug-likeness (QED) is 0.205. The number of guanidine groups is 2. The first-order valence-electron chi connectivity index (χ1n) is 13.8. The molecule has 1 aromatic heterocycles. The summed E-state index contributed by atoms with van der Waals surface area (Å²) in [6.07, 6.45) is 1.34. The van der Waals surface area contributed by atoms with Crippen LogP contribution in [0.25, 0.3) is 0 Å². The molecule has 1 fully saturated rings. The molecule has 5 heterocycles. The molecule has 41 heavy (non-hydrogen) atoms. The molecule has 4 aliphatic rings. The first kappa shape index (κ1) is 26.8. The van der Waals surface area contributed by atoms with Crippen LogP contribution in [-0.2, 0) is 5.41 Å². The molecule has 4 aliphatic heterocycles. The second-order valence-corrected chi connectivity index (χ2v) is 11.8. The molecule has 2 aromatic rings. The van der Waals surface area contributed by atoms with Crippen molar-refractivity contribution < 1.29 is 24.4 Å². The van der Waals surface area contributed by atoms with E-state index in [-0.39, 0.29) is 47.9 Å². The molecule has 1 saturated heterocycles. The van der Waals surface area contributed by atoms with Crippen LogP contribution < -0.4 is 37.1 Å². The van der Waals surface area contributed by atoms with Crippen LogP contribution in [0.15, 0.2) is 41.5 Å². The largest absolute Gasteiger partial charge is 0.492 e. The lowest BCUT2D eigenvalue weighted by atomic mass is 9.79. The molecule has 0 radical (unpaired) electrons. The topological polar surface area (TPSA) is 194 Å². The van der Waals surface area contributed by atoms with Crippen LogP contribution in [0.3, 0.4) is 0 Å².